The summed E-state index contributed by atoms with van der Waals surface area (Å²) in [5, 5.41) is 14.4. The summed E-state index contributed by atoms with van der Waals surface area (Å²) in [6.07, 6.45) is 5.62. The third-order valence-corrected chi connectivity index (χ3v) is 8.76. The molecule has 7 rings (SSSR count). The highest BCUT2D eigenvalue weighted by Crippen LogP contribution is 2.33. The maximum Gasteiger partial charge on any atom is 0.306 e. The Labute approximate surface area is 253 Å². The normalized spacial score (nSPS) is 18.9. The van der Waals surface area contributed by atoms with Gasteiger partial charge in [-0.3, -0.25) is 9.48 Å². The number of likely N-dealkylation sites (tertiary alicyclic amines) is 1. The number of halogens is 1. The minimum Gasteiger partial charge on any atom is -0.481 e. The van der Waals surface area contributed by atoms with E-state index in [0.29, 0.717) is 53.6 Å². The maximum absolute atomic E-state index is 11.2. The van der Waals surface area contributed by atoms with Crippen LogP contribution in [0.2, 0.25) is 5.02 Å². The number of imidazole rings is 1. The zero-order chi connectivity index (χ0) is 29.3. The first-order valence-corrected chi connectivity index (χ1v) is 15.1. The fourth-order valence-corrected chi connectivity index (χ4v) is 6.02. The van der Waals surface area contributed by atoms with E-state index in [1.54, 1.807) is 0 Å². The molecule has 0 bridgehead atoms. The molecular weight excluding hydrogens is 566 g/mol. The van der Waals surface area contributed by atoms with E-state index in [9.17, 15) is 9.90 Å². The highest BCUT2D eigenvalue weighted by Gasteiger charge is 2.27. The fourth-order valence-electron chi connectivity index (χ4n) is 5.76. The summed E-state index contributed by atoms with van der Waals surface area (Å²) in [5.74, 6) is -0.287. The Kier molecular flexibility index (Phi) is 7.54. The van der Waals surface area contributed by atoms with E-state index in [4.69, 9.17) is 21.3 Å². The van der Waals surface area contributed by atoms with Gasteiger partial charge in [-0.25, -0.2) is 9.97 Å². The highest BCUT2D eigenvalue weighted by atomic mass is 35.5. The minimum absolute atomic E-state index is 0.0683. The molecule has 1 saturated heterocycles. The molecule has 11 heteroatoms. The second-order valence-electron chi connectivity index (χ2n) is 11.3. The molecule has 0 atom stereocenters. The third-order valence-electron chi connectivity index (χ3n) is 8.47. The minimum atomic E-state index is -0.732. The lowest BCUT2D eigenvalue weighted by molar-refractivity contribution is -0.143. The van der Waals surface area contributed by atoms with Crippen LogP contribution in [0.3, 0.4) is 0 Å². The number of H-pyrrole nitrogens is 1. The second kappa shape index (κ2) is 11.8. The molecule has 1 saturated carbocycles. The van der Waals surface area contributed by atoms with Crippen molar-refractivity contribution in [3.05, 3.63) is 65.9 Å². The van der Waals surface area contributed by atoms with Gasteiger partial charge in [-0.1, -0.05) is 60.1 Å². The van der Waals surface area contributed by atoms with Gasteiger partial charge >= 0.3 is 5.97 Å². The van der Waals surface area contributed by atoms with Crippen molar-refractivity contribution in [2.75, 3.05) is 19.6 Å². The Balaban J connectivity index is 1.02. The van der Waals surface area contributed by atoms with Crippen molar-refractivity contribution in [3.63, 3.8) is 0 Å². The second-order valence-corrected chi connectivity index (χ2v) is 11.7. The largest absolute Gasteiger partial charge is 0.481 e. The molecule has 10 nitrogen and oxygen atoms in total. The summed E-state index contributed by atoms with van der Waals surface area (Å²) in [5.41, 5.74) is 5.90. The number of nitrogens with one attached hydrogen (secondary N) is 1. The molecule has 2 aromatic carbocycles. The number of aromatic amines is 1. The van der Waals surface area contributed by atoms with Crippen molar-refractivity contribution in [2.45, 2.75) is 44.8 Å². The number of benzene rings is 2. The number of pyridine rings is 1. The number of aliphatic carboxylic acids is 1. The molecule has 1 aliphatic carbocycles. The number of hydrogen-bond acceptors (Lipinski definition) is 7. The van der Waals surface area contributed by atoms with Crippen molar-refractivity contribution < 1.29 is 14.6 Å². The number of ether oxygens (including phenoxy) is 1. The topological polar surface area (TPSA) is 122 Å². The molecule has 0 radical (unpaired) electrons. The Morgan fingerprint density at radius 2 is 1.60 bits per heavy atom. The first-order valence-electron chi connectivity index (χ1n) is 14.8. The van der Waals surface area contributed by atoms with Crippen molar-refractivity contribution in [1.82, 2.24) is 34.6 Å². The maximum atomic E-state index is 11.2. The number of carboxylic acid groups (broad SMARTS) is 1. The van der Waals surface area contributed by atoms with Gasteiger partial charge in [0.25, 0.3) is 6.01 Å². The standard InChI is InChI=1S/C32H32ClN7O3/c33-26-18-27-30(37-32(35-27)43-25-12-10-24(11-13-25)31(41)42)36-28(26)22-6-2-20(3-7-22)21-4-8-23(9-5-21)29-34-19-40(38-29)17-16-39-14-1-15-39/h2-9,18-19,24-25H,1,10-17H2,(H,41,42)(H,35,36,37). The molecule has 5 aromatic rings. The molecule has 2 aliphatic rings. The van der Waals surface area contributed by atoms with Gasteiger partial charge in [-0.05, 0) is 62.4 Å². The van der Waals surface area contributed by atoms with Crippen LogP contribution in [0.1, 0.15) is 32.1 Å². The molecule has 0 spiro atoms. The van der Waals surface area contributed by atoms with E-state index >= 15 is 0 Å². The summed E-state index contributed by atoms with van der Waals surface area (Å²) in [7, 11) is 0. The first kappa shape index (κ1) is 27.5. The van der Waals surface area contributed by atoms with Gasteiger partial charge in [0.15, 0.2) is 11.5 Å². The Hall–Kier alpha value is -4.28. The fraction of sp³-hybridized carbons (Fsp3) is 0.344. The number of fused-ring (bicyclic) bond motifs is 1. The van der Waals surface area contributed by atoms with Crippen LogP contribution in [0.25, 0.3) is 44.9 Å². The average molecular weight is 598 g/mol. The molecule has 220 valence electrons. The van der Waals surface area contributed by atoms with E-state index in [2.05, 4.69) is 61.3 Å². The molecular formula is C32H32ClN7O3. The predicted molar refractivity (Wildman–Crippen MR) is 164 cm³/mol. The lowest BCUT2D eigenvalue weighted by Crippen LogP contribution is -2.39. The molecule has 3 aromatic heterocycles. The lowest BCUT2D eigenvalue weighted by Gasteiger charge is -2.30. The monoisotopic (exact) mass is 597 g/mol. The van der Waals surface area contributed by atoms with Crippen LogP contribution in [0.5, 0.6) is 6.01 Å². The number of rotatable bonds is 9. The van der Waals surface area contributed by atoms with Gasteiger partial charge in [0.1, 0.15) is 12.4 Å². The predicted octanol–water partition coefficient (Wildman–Crippen LogP) is 5.93. The number of aromatic nitrogens is 6. The van der Waals surface area contributed by atoms with Gasteiger partial charge in [0, 0.05) is 17.7 Å². The van der Waals surface area contributed by atoms with Crippen molar-refractivity contribution in [3.8, 4) is 39.8 Å². The van der Waals surface area contributed by atoms with Gasteiger partial charge in [0.2, 0.25) is 0 Å². The zero-order valence-corrected chi connectivity index (χ0v) is 24.4. The molecule has 43 heavy (non-hydrogen) atoms. The van der Waals surface area contributed by atoms with Crippen LogP contribution in [-0.2, 0) is 11.3 Å². The first-order chi connectivity index (χ1) is 21.0. The summed E-state index contributed by atoms with van der Waals surface area (Å²) in [6.45, 7) is 4.24. The van der Waals surface area contributed by atoms with E-state index in [-0.39, 0.29) is 12.0 Å². The number of nitrogens with zero attached hydrogens (tertiary/aromatic N) is 6. The van der Waals surface area contributed by atoms with Crippen molar-refractivity contribution in [1.29, 1.82) is 0 Å². The van der Waals surface area contributed by atoms with Crippen molar-refractivity contribution in [2.24, 2.45) is 5.92 Å². The molecule has 1 aliphatic heterocycles. The van der Waals surface area contributed by atoms with Crippen LogP contribution >= 0.6 is 11.6 Å². The molecule has 0 unspecified atom stereocenters. The van der Waals surface area contributed by atoms with Gasteiger partial charge in [-0.2, -0.15) is 10.1 Å². The van der Waals surface area contributed by atoms with Crippen LogP contribution < -0.4 is 4.74 Å². The van der Waals surface area contributed by atoms with Crippen LogP contribution in [0, 0.1) is 5.92 Å². The number of hydrogen-bond donors (Lipinski definition) is 2. The summed E-state index contributed by atoms with van der Waals surface area (Å²) < 4.78 is 7.95. The summed E-state index contributed by atoms with van der Waals surface area (Å²) >= 11 is 6.64. The van der Waals surface area contributed by atoms with Crippen molar-refractivity contribution >= 4 is 28.7 Å². The third kappa shape index (κ3) is 5.98. The summed E-state index contributed by atoms with van der Waals surface area (Å²) in [4.78, 5) is 30.6. The van der Waals surface area contributed by atoms with Crippen LogP contribution in [-0.4, -0.2) is 71.4 Å². The average Bonchev–Trinajstić information content (AvgIpc) is 3.63. The molecule has 4 heterocycles. The zero-order valence-electron chi connectivity index (χ0n) is 23.6. The Morgan fingerprint density at radius 3 is 2.26 bits per heavy atom. The quantitative estimate of drug-likeness (QED) is 0.214. The van der Waals surface area contributed by atoms with Gasteiger partial charge in [-0.15, -0.1) is 0 Å². The summed E-state index contributed by atoms with van der Waals surface area (Å²) in [6, 6.07) is 18.6. The molecule has 2 fully saturated rings. The smallest absolute Gasteiger partial charge is 0.306 e. The van der Waals surface area contributed by atoms with E-state index in [1.807, 2.05) is 29.2 Å². The number of carboxylic acids is 1. The SMILES string of the molecule is O=C(O)C1CCC(Oc2nc3nc(-c4ccc(-c5ccc(-c6ncn(CCN7CCC7)n6)cc5)cc4)c(Cl)cc3[nH]2)CC1. The van der Waals surface area contributed by atoms with E-state index in [1.165, 1.54) is 19.5 Å². The van der Waals surface area contributed by atoms with E-state index < -0.39 is 5.97 Å². The van der Waals surface area contributed by atoms with E-state index in [0.717, 1.165) is 41.2 Å². The Morgan fingerprint density at radius 1 is 0.930 bits per heavy atom. The van der Waals surface area contributed by atoms with Crippen LogP contribution in [0.4, 0.5) is 0 Å². The lowest BCUT2D eigenvalue weighted by atomic mass is 9.87. The molecule has 2 N–H and O–H groups in total. The van der Waals surface area contributed by atoms with Crippen LogP contribution in [0.15, 0.2) is 60.9 Å². The molecule has 0 amide bonds. The Bertz CT molecular complexity index is 1740. The van der Waals surface area contributed by atoms with Gasteiger partial charge < -0.3 is 19.7 Å². The van der Waals surface area contributed by atoms with Gasteiger partial charge in [0.05, 0.1) is 28.7 Å². The highest BCUT2D eigenvalue weighted by molar-refractivity contribution is 6.33. The number of carbonyl (C=O) groups is 1.